The molecule has 5 nitrogen and oxygen atoms in total. The smallest absolute Gasteiger partial charge is 0.387 e. The number of carbonyl (C=O) groups excluding carboxylic acids is 1. The second-order valence-electron chi connectivity index (χ2n) is 7.66. The molecule has 2 unspecified atom stereocenters. The van der Waals surface area contributed by atoms with E-state index in [2.05, 4.69) is 15.4 Å². The average molecular weight is 438 g/mol. The Morgan fingerprint density at radius 3 is 2.68 bits per heavy atom. The third-order valence-corrected chi connectivity index (χ3v) is 6.06. The number of anilines is 1. The molecular formula is C19H27Cl2F2N3O2. The predicted molar refractivity (Wildman–Crippen MR) is 109 cm³/mol. The van der Waals surface area contributed by atoms with E-state index < -0.39 is 6.61 Å². The molecule has 2 aliphatic heterocycles. The third-order valence-electron chi connectivity index (χ3n) is 6.06. The zero-order valence-electron chi connectivity index (χ0n) is 15.5. The summed E-state index contributed by atoms with van der Waals surface area (Å²) in [7, 11) is 0. The number of alkyl halides is 2. The number of piperidine rings is 1. The van der Waals surface area contributed by atoms with Gasteiger partial charge in [0.1, 0.15) is 5.75 Å². The second kappa shape index (κ2) is 9.46. The molecule has 2 atom stereocenters. The Morgan fingerprint density at radius 2 is 1.96 bits per heavy atom. The van der Waals surface area contributed by atoms with Gasteiger partial charge in [-0.15, -0.1) is 24.8 Å². The van der Waals surface area contributed by atoms with Crippen molar-refractivity contribution in [2.75, 3.05) is 31.1 Å². The topological polar surface area (TPSA) is 53.6 Å². The molecule has 3 fully saturated rings. The lowest BCUT2D eigenvalue weighted by Gasteiger charge is -2.24. The number of benzene rings is 1. The summed E-state index contributed by atoms with van der Waals surface area (Å²) in [6, 6.07) is 6.89. The highest BCUT2D eigenvalue weighted by atomic mass is 35.5. The molecule has 1 aromatic rings. The van der Waals surface area contributed by atoms with Crippen LogP contribution in [0.4, 0.5) is 14.5 Å². The number of rotatable bonds is 5. The number of hydrogen-bond acceptors (Lipinski definition) is 4. The van der Waals surface area contributed by atoms with Crippen LogP contribution in [0, 0.1) is 11.3 Å². The maximum atomic E-state index is 12.6. The normalized spacial score (nSPS) is 25.0. The van der Waals surface area contributed by atoms with E-state index in [1.54, 1.807) is 18.2 Å². The summed E-state index contributed by atoms with van der Waals surface area (Å²) in [6.07, 6.45) is 3.98. The van der Waals surface area contributed by atoms with Gasteiger partial charge in [-0.1, -0.05) is 12.1 Å². The van der Waals surface area contributed by atoms with Crippen LogP contribution in [-0.4, -0.2) is 44.7 Å². The van der Waals surface area contributed by atoms with Gasteiger partial charge in [0.05, 0.1) is 5.69 Å². The molecule has 1 aliphatic carbocycles. The standard InChI is InChI=1S/C19H25F2N3O2.2ClH/c20-18(21)26-16-4-2-1-3-15(16)24-10-5-13(12-24)23-17(25)14-11-19(14)6-8-22-9-7-19;;/h1-4,13-14,18,22H,5-12H2,(H,23,25);2*1H. The van der Waals surface area contributed by atoms with E-state index >= 15 is 0 Å². The molecule has 3 aliphatic rings. The number of carbonyl (C=O) groups is 1. The molecular weight excluding hydrogens is 411 g/mol. The van der Waals surface area contributed by atoms with E-state index in [9.17, 15) is 13.6 Å². The predicted octanol–water partition coefficient (Wildman–Crippen LogP) is 3.22. The molecule has 0 aromatic heterocycles. The highest BCUT2D eigenvalue weighted by molar-refractivity contribution is 5.85. The van der Waals surface area contributed by atoms with Gasteiger partial charge in [0.25, 0.3) is 0 Å². The third kappa shape index (κ3) is 4.81. The van der Waals surface area contributed by atoms with Crippen molar-refractivity contribution in [3.63, 3.8) is 0 Å². The van der Waals surface area contributed by atoms with Gasteiger partial charge in [0.15, 0.2) is 0 Å². The Labute approximate surface area is 176 Å². The van der Waals surface area contributed by atoms with Gasteiger partial charge >= 0.3 is 6.61 Å². The highest BCUT2D eigenvalue weighted by Crippen LogP contribution is 2.58. The molecule has 4 rings (SSSR count). The Morgan fingerprint density at radius 1 is 1.25 bits per heavy atom. The van der Waals surface area contributed by atoms with Crippen molar-refractivity contribution >= 4 is 36.4 Å². The van der Waals surface area contributed by atoms with Crippen LogP contribution in [0.3, 0.4) is 0 Å². The van der Waals surface area contributed by atoms with Crippen molar-refractivity contribution in [2.45, 2.75) is 38.3 Å². The summed E-state index contributed by atoms with van der Waals surface area (Å²) in [4.78, 5) is 14.6. The first-order chi connectivity index (χ1) is 12.6. The lowest BCUT2D eigenvalue weighted by atomic mass is 9.91. The van der Waals surface area contributed by atoms with Crippen molar-refractivity contribution in [3.05, 3.63) is 24.3 Å². The maximum absolute atomic E-state index is 12.6. The van der Waals surface area contributed by atoms with Crippen LogP contribution in [0.25, 0.3) is 0 Å². The molecule has 1 aromatic carbocycles. The minimum absolute atomic E-state index is 0. The first-order valence-corrected chi connectivity index (χ1v) is 9.37. The van der Waals surface area contributed by atoms with Crippen LogP contribution in [0.2, 0.25) is 0 Å². The van der Waals surface area contributed by atoms with Gasteiger partial charge in [0, 0.05) is 25.0 Å². The van der Waals surface area contributed by atoms with Gasteiger partial charge in [-0.05, 0) is 56.3 Å². The Balaban J connectivity index is 0.00000140. The quantitative estimate of drug-likeness (QED) is 0.742. The number of hydrogen-bond donors (Lipinski definition) is 2. The summed E-state index contributed by atoms with van der Waals surface area (Å²) < 4.78 is 29.8. The minimum atomic E-state index is -2.84. The molecule has 1 saturated carbocycles. The molecule has 2 saturated heterocycles. The van der Waals surface area contributed by atoms with E-state index in [-0.39, 0.29) is 53.8 Å². The summed E-state index contributed by atoms with van der Waals surface area (Å²) >= 11 is 0. The number of nitrogens with one attached hydrogen (secondary N) is 2. The van der Waals surface area contributed by atoms with Gasteiger partial charge in [0.2, 0.25) is 5.91 Å². The summed E-state index contributed by atoms with van der Waals surface area (Å²) in [6.45, 7) is 0.500. The first-order valence-electron chi connectivity index (χ1n) is 9.37. The monoisotopic (exact) mass is 437 g/mol. The maximum Gasteiger partial charge on any atom is 0.387 e. The largest absolute Gasteiger partial charge is 0.433 e. The van der Waals surface area contributed by atoms with E-state index in [0.717, 1.165) is 38.8 Å². The Hall–Kier alpha value is -1.31. The van der Waals surface area contributed by atoms with E-state index in [0.29, 0.717) is 18.8 Å². The van der Waals surface area contributed by atoms with E-state index in [4.69, 9.17) is 0 Å². The van der Waals surface area contributed by atoms with Gasteiger partial charge < -0.3 is 20.3 Å². The highest BCUT2D eigenvalue weighted by Gasteiger charge is 2.57. The van der Waals surface area contributed by atoms with Gasteiger partial charge in [-0.2, -0.15) is 8.78 Å². The number of para-hydroxylation sites is 2. The Kier molecular flexibility index (Phi) is 7.76. The molecule has 2 heterocycles. The van der Waals surface area contributed by atoms with Crippen molar-refractivity contribution in [2.24, 2.45) is 11.3 Å². The van der Waals surface area contributed by atoms with Gasteiger partial charge in [-0.3, -0.25) is 4.79 Å². The van der Waals surface area contributed by atoms with Crippen molar-refractivity contribution in [1.29, 1.82) is 0 Å². The van der Waals surface area contributed by atoms with Crippen molar-refractivity contribution < 1.29 is 18.3 Å². The van der Waals surface area contributed by atoms with Crippen LogP contribution in [0.5, 0.6) is 5.75 Å². The molecule has 1 spiro atoms. The molecule has 0 radical (unpaired) electrons. The number of amides is 1. The van der Waals surface area contributed by atoms with Crippen molar-refractivity contribution in [1.82, 2.24) is 10.6 Å². The number of ether oxygens (including phenoxy) is 1. The van der Waals surface area contributed by atoms with Crippen LogP contribution in [0.1, 0.15) is 25.7 Å². The van der Waals surface area contributed by atoms with Crippen LogP contribution in [-0.2, 0) is 4.79 Å². The summed E-state index contributed by atoms with van der Waals surface area (Å²) in [5.41, 5.74) is 0.886. The zero-order chi connectivity index (χ0) is 18.1. The number of nitrogens with zero attached hydrogens (tertiary/aromatic N) is 1. The van der Waals surface area contributed by atoms with E-state index in [1.165, 1.54) is 0 Å². The van der Waals surface area contributed by atoms with Crippen LogP contribution in [0.15, 0.2) is 24.3 Å². The summed E-state index contributed by atoms with van der Waals surface area (Å²) in [5, 5.41) is 6.53. The molecule has 0 bridgehead atoms. The Bertz CT molecular complexity index is 674. The fourth-order valence-corrected chi connectivity index (χ4v) is 4.51. The lowest BCUT2D eigenvalue weighted by molar-refractivity contribution is -0.123. The van der Waals surface area contributed by atoms with Crippen LogP contribution < -0.4 is 20.3 Å². The molecule has 158 valence electrons. The van der Waals surface area contributed by atoms with Gasteiger partial charge in [-0.25, -0.2) is 0 Å². The first kappa shape index (κ1) is 23.0. The molecule has 1 amide bonds. The summed E-state index contributed by atoms with van der Waals surface area (Å²) in [5.74, 6) is 0.495. The molecule has 9 heteroatoms. The average Bonchev–Trinajstić information content (AvgIpc) is 3.11. The zero-order valence-corrected chi connectivity index (χ0v) is 17.2. The second-order valence-corrected chi connectivity index (χ2v) is 7.66. The lowest BCUT2D eigenvalue weighted by Crippen LogP contribution is -2.40. The fraction of sp³-hybridized carbons (Fsp3) is 0.632. The van der Waals surface area contributed by atoms with E-state index in [1.807, 2.05) is 11.0 Å². The number of halogens is 4. The molecule has 28 heavy (non-hydrogen) atoms. The van der Waals surface area contributed by atoms with Crippen LogP contribution >= 0.6 is 24.8 Å². The molecule has 2 N–H and O–H groups in total. The SMILES string of the molecule is Cl.Cl.O=C(NC1CCN(c2ccccc2OC(F)F)C1)C1CC12CCNCC2. The van der Waals surface area contributed by atoms with Crippen molar-refractivity contribution in [3.8, 4) is 5.75 Å². The minimum Gasteiger partial charge on any atom is -0.433 e. The fourth-order valence-electron chi connectivity index (χ4n) is 4.51.